The maximum absolute atomic E-state index is 13.0. The zero-order valence-electron chi connectivity index (χ0n) is 16.7. The van der Waals surface area contributed by atoms with Crippen LogP contribution >= 0.6 is 15.9 Å². The number of hydrogen-bond donors (Lipinski definition) is 1. The second-order valence-corrected chi connectivity index (χ2v) is 7.43. The molecule has 0 saturated carbocycles. The molecule has 0 aliphatic carbocycles. The van der Waals surface area contributed by atoms with Crippen LogP contribution in [0.3, 0.4) is 0 Å². The Morgan fingerprint density at radius 2 is 1.87 bits per heavy atom. The lowest BCUT2D eigenvalue weighted by atomic mass is 10.2. The van der Waals surface area contributed by atoms with E-state index in [0.717, 1.165) is 28.6 Å². The summed E-state index contributed by atoms with van der Waals surface area (Å²) >= 11 is 3.56. The second-order valence-electron chi connectivity index (χ2n) is 6.57. The van der Waals surface area contributed by atoms with Crippen LogP contribution in [0.5, 0.6) is 17.4 Å². The molecule has 0 aliphatic heterocycles. The Balaban J connectivity index is 1.47. The zero-order valence-corrected chi connectivity index (χ0v) is 18.3. The van der Waals surface area contributed by atoms with E-state index >= 15 is 0 Å². The van der Waals surface area contributed by atoms with Crippen molar-refractivity contribution in [3.63, 3.8) is 0 Å². The molecular weight excluding hydrogens is 451 g/mol. The molecule has 0 atom stereocenters. The number of halogens is 2. The van der Waals surface area contributed by atoms with Gasteiger partial charge in [0, 0.05) is 18.8 Å². The van der Waals surface area contributed by atoms with Crippen LogP contribution in [-0.2, 0) is 13.2 Å². The number of rotatable bonds is 11. The van der Waals surface area contributed by atoms with Crippen molar-refractivity contribution in [2.45, 2.75) is 19.6 Å². The Morgan fingerprint density at radius 1 is 1.03 bits per heavy atom. The van der Waals surface area contributed by atoms with E-state index < -0.39 is 0 Å². The number of nitrogens with zero attached hydrogens (tertiary/aromatic N) is 1. The summed E-state index contributed by atoms with van der Waals surface area (Å²) in [5.41, 5.74) is 1.95. The first-order chi connectivity index (χ1) is 14.7. The molecule has 0 bridgehead atoms. The van der Waals surface area contributed by atoms with Crippen LogP contribution in [0.4, 0.5) is 4.39 Å². The molecule has 0 amide bonds. The van der Waals surface area contributed by atoms with Crippen LogP contribution in [-0.4, -0.2) is 25.2 Å². The highest BCUT2D eigenvalue weighted by Crippen LogP contribution is 2.37. The lowest BCUT2D eigenvalue weighted by molar-refractivity contribution is 0.282. The van der Waals surface area contributed by atoms with Gasteiger partial charge in [-0.2, -0.15) is 0 Å². The average molecular weight is 475 g/mol. The van der Waals surface area contributed by atoms with Crippen molar-refractivity contribution in [3.05, 3.63) is 82.2 Å². The molecular formula is C23H24BrFN2O3. The number of benzene rings is 2. The number of methoxy groups -OCH3 is 1. The third-order valence-electron chi connectivity index (χ3n) is 4.30. The lowest BCUT2D eigenvalue weighted by Crippen LogP contribution is -2.17. The highest BCUT2D eigenvalue weighted by Gasteiger charge is 2.12. The van der Waals surface area contributed by atoms with Gasteiger partial charge in [0.15, 0.2) is 11.5 Å². The van der Waals surface area contributed by atoms with Gasteiger partial charge in [-0.1, -0.05) is 18.2 Å². The van der Waals surface area contributed by atoms with Crippen molar-refractivity contribution >= 4 is 15.9 Å². The summed E-state index contributed by atoms with van der Waals surface area (Å²) in [6.07, 6.45) is 2.58. The molecule has 0 fully saturated rings. The minimum atomic E-state index is -0.266. The van der Waals surface area contributed by atoms with Crippen molar-refractivity contribution in [1.29, 1.82) is 0 Å². The summed E-state index contributed by atoms with van der Waals surface area (Å²) in [7, 11) is 1.61. The Bertz CT molecular complexity index is 924. The molecule has 0 unspecified atom stereocenters. The monoisotopic (exact) mass is 474 g/mol. The number of nitrogens with one attached hydrogen (secondary N) is 1. The summed E-state index contributed by atoms with van der Waals surface area (Å²) in [6, 6.07) is 15.8. The zero-order chi connectivity index (χ0) is 21.2. The van der Waals surface area contributed by atoms with Gasteiger partial charge >= 0.3 is 0 Å². The molecule has 5 nitrogen and oxygen atoms in total. The summed E-state index contributed by atoms with van der Waals surface area (Å²) in [6.45, 7) is 2.43. The third-order valence-corrected chi connectivity index (χ3v) is 4.89. The smallest absolute Gasteiger partial charge is 0.213 e. The fourth-order valence-electron chi connectivity index (χ4n) is 2.79. The molecule has 1 heterocycles. The Kier molecular flexibility index (Phi) is 8.47. The van der Waals surface area contributed by atoms with Crippen LogP contribution in [0, 0.1) is 5.82 Å². The van der Waals surface area contributed by atoms with Crippen molar-refractivity contribution in [1.82, 2.24) is 10.3 Å². The van der Waals surface area contributed by atoms with Crippen molar-refractivity contribution in [3.8, 4) is 17.4 Å². The summed E-state index contributed by atoms with van der Waals surface area (Å²) in [5.74, 6) is 1.64. The molecule has 0 spiro atoms. The maximum Gasteiger partial charge on any atom is 0.213 e. The van der Waals surface area contributed by atoms with E-state index in [4.69, 9.17) is 14.2 Å². The largest absolute Gasteiger partial charge is 0.493 e. The highest BCUT2D eigenvalue weighted by molar-refractivity contribution is 9.10. The molecule has 0 aliphatic rings. The molecule has 1 N–H and O–H groups in total. The van der Waals surface area contributed by atoms with Crippen LogP contribution in [0.2, 0.25) is 0 Å². The first-order valence-electron chi connectivity index (χ1n) is 9.64. The standard InChI is InChI=1S/C23H24BrFN2O3/c1-28-21-14-18(15-26-10-4-12-29-22-5-2-3-11-27-22)13-20(24)23(21)30-16-17-6-8-19(25)9-7-17/h2-3,5-9,11,13-14,26H,4,10,12,15-16H2,1H3. The molecule has 158 valence electrons. The van der Waals surface area contributed by atoms with E-state index in [-0.39, 0.29) is 5.82 Å². The van der Waals surface area contributed by atoms with E-state index in [0.29, 0.717) is 37.1 Å². The van der Waals surface area contributed by atoms with Gasteiger partial charge in [0.2, 0.25) is 5.88 Å². The molecule has 2 aromatic carbocycles. The van der Waals surface area contributed by atoms with Gasteiger partial charge in [0.05, 0.1) is 18.2 Å². The van der Waals surface area contributed by atoms with E-state index in [2.05, 4.69) is 26.2 Å². The minimum Gasteiger partial charge on any atom is -0.493 e. The summed E-state index contributed by atoms with van der Waals surface area (Å²) in [4.78, 5) is 4.13. The molecule has 3 aromatic rings. The number of pyridine rings is 1. The molecule has 1 aromatic heterocycles. The van der Waals surface area contributed by atoms with E-state index in [1.165, 1.54) is 12.1 Å². The Labute approximate surface area is 184 Å². The SMILES string of the molecule is COc1cc(CNCCCOc2ccccn2)cc(Br)c1OCc1ccc(F)cc1. The molecule has 3 rings (SSSR count). The van der Waals surface area contributed by atoms with Crippen LogP contribution in [0.15, 0.2) is 65.3 Å². The fraction of sp³-hybridized carbons (Fsp3) is 0.261. The van der Waals surface area contributed by atoms with Crippen molar-refractivity contribution in [2.75, 3.05) is 20.3 Å². The van der Waals surface area contributed by atoms with E-state index in [9.17, 15) is 4.39 Å². The van der Waals surface area contributed by atoms with Crippen LogP contribution < -0.4 is 19.5 Å². The predicted octanol–water partition coefficient (Wildman–Crippen LogP) is 5.13. The van der Waals surface area contributed by atoms with Gasteiger partial charge in [0.25, 0.3) is 0 Å². The Hall–Kier alpha value is -2.64. The van der Waals surface area contributed by atoms with Gasteiger partial charge in [0.1, 0.15) is 12.4 Å². The van der Waals surface area contributed by atoms with Crippen molar-refractivity contribution in [2.24, 2.45) is 0 Å². The Morgan fingerprint density at radius 3 is 2.60 bits per heavy atom. The van der Waals surface area contributed by atoms with Crippen molar-refractivity contribution < 1.29 is 18.6 Å². The fourth-order valence-corrected chi connectivity index (χ4v) is 3.39. The molecule has 7 heteroatoms. The number of aromatic nitrogens is 1. The van der Waals surface area contributed by atoms with Gasteiger partial charge in [-0.25, -0.2) is 9.37 Å². The van der Waals surface area contributed by atoms with Crippen LogP contribution in [0.1, 0.15) is 17.5 Å². The third kappa shape index (κ3) is 6.71. The second kappa shape index (κ2) is 11.5. The van der Waals surface area contributed by atoms with Crippen LogP contribution in [0.25, 0.3) is 0 Å². The molecule has 30 heavy (non-hydrogen) atoms. The van der Waals surface area contributed by atoms with Gasteiger partial charge < -0.3 is 19.5 Å². The highest BCUT2D eigenvalue weighted by atomic mass is 79.9. The first-order valence-corrected chi connectivity index (χ1v) is 10.4. The number of hydrogen-bond acceptors (Lipinski definition) is 5. The minimum absolute atomic E-state index is 0.266. The number of ether oxygens (including phenoxy) is 3. The summed E-state index contributed by atoms with van der Waals surface area (Å²) in [5, 5.41) is 3.40. The van der Waals surface area contributed by atoms with E-state index in [1.807, 2.05) is 30.3 Å². The van der Waals surface area contributed by atoms with E-state index in [1.54, 1.807) is 25.4 Å². The first kappa shape index (κ1) is 22.1. The maximum atomic E-state index is 13.0. The molecule has 0 radical (unpaired) electrons. The lowest BCUT2D eigenvalue weighted by Gasteiger charge is -2.15. The van der Waals surface area contributed by atoms with Gasteiger partial charge in [-0.3, -0.25) is 0 Å². The topological polar surface area (TPSA) is 52.6 Å². The summed E-state index contributed by atoms with van der Waals surface area (Å²) < 4.78 is 30.8. The predicted molar refractivity (Wildman–Crippen MR) is 117 cm³/mol. The average Bonchev–Trinajstić information content (AvgIpc) is 2.77. The normalized spacial score (nSPS) is 10.6. The quantitative estimate of drug-likeness (QED) is 0.390. The van der Waals surface area contributed by atoms with Gasteiger partial charge in [-0.15, -0.1) is 0 Å². The van der Waals surface area contributed by atoms with Gasteiger partial charge in [-0.05, 0) is 70.4 Å². The molecule has 0 saturated heterocycles.